The molecule has 0 fully saturated rings. The summed E-state index contributed by atoms with van der Waals surface area (Å²) in [4.78, 5) is 24.9. The van der Waals surface area contributed by atoms with E-state index in [1.54, 1.807) is 72.8 Å². The number of aliphatic hydroxyl groups excluding tert-OH is 1. The van der Waals surface area contributed by atoms with Crippen LogP contribution in [0.2, 0.25) is 0 Å². The molecule has 0 unspecified atom stereocenters. The standard InChI is InChI=1S/C29H24O5/c30-25(19-33-26-15-11-23(12-16-26)28(31)21-7-3-1-4-8-21)20-34-27-17-13-24(14-18-27)29(32)22-9-5-2-6-10-22/h1-18,25,30H,19-20H2. The van der Waals surface area contributed by atoms with E-state index in [-0.39, 0.29) is 24.8 Å². The zero-order chi connectivity index (χ0) is 23.8. The summed E-state index contributed by atoms with van der Waals surface area (Å²) in [5, 5.41) is 10.2. The lowest BCUT2D eigenvalue weighted by molar-refractivity contribution is 0.0626. The highest BCUT2D eigenvalue weighted by Crippen LogP contribution is 2.17. The summed E-state index contributed by atoms with van der Waals surface area (Å²) in [5.41, 5.74) is 2.38. The highest BCUT2D eigenvalue weighted by atomic mass is 16.5. The summed E-state index contributed by atoms with van der Waals surface area (Å²) < 4.78 is 11.2. The molecule has 5 nitrogen and oxygen atoms in total. The third-order valence-electron chi connectivity index (χ3n) is 5.19. The molecular formula is C29H24O5. The molecule has 0 radical (unpaired) electrons. The van der Waals surface area contributed by atoms with Gasteiger partial charge in [-0.3, -0.25) is 9.59 Å². The molecule has 4 rings (SSSR count). The zero-order valence-corrected chi connectivity index (χ0v) is 18.5. The van der Waals surface area contributed by atoms with E-state index in [2.05, 4.69) is 0 Å². The predicted molar refractivity (Wildman–Crippen MR) is 130 cm³/mol. The summed E-state index contributed by atoms with van der Waals surface area (Å²) in [6.45, 7) is 0.0765. The van der Waals surface area contributed by atoms with Gasteiger partial charge in [-0.15, -0.1) is 0 Å². The molecule has 0 saturated carbocycles. The van der Waals surface area contributed by atoms with Crippen molar-refractivity contribution in [2.75, 3.05) is 13.2 Å². The molecule has 0 aromatic heterocycles. The zero-order valence-electron chi connectivity index (χ0n) is 18.5. The number of ketones is 2. The highest BCUT2D eigenvalue weighted by Gasteiger charge is 2.11. The van der Waals surface area contributed by atoms with E-state index in [4.69, 9.17) is 9.47 Å². The summed E-state index contributed by atoms with van der Waals surface area (Å²) >= 11 is 0. The molecule has 0 aliphatic heterocycles. The van der Waals surface area contributed by atoms with Gasteiger partial charge in [0, 0.05) is 22.3 Å². The van der Waals surface area contributed by atoms with Crippen LogP contribution in [0.4, 0.5) is 0 Å². The number of hydrogen-bond acceptors (Lipinski definition) is 5. The minimum absolute atomic E-state index is 0.0382. The first-order chi connectivity index (χ1) is 16.6. The number of carbonyl (C=O) groups excluding carboxylic acids is 2. The van der Waals surface area contributed by atoms with Crippen LogP contribution in [0.25, 0.3) is 0 Å². The van der Waals surface area contributed by atoms with Gasteiger partial charge in [-0.25, -0.2) is 0 Å². The fourth-order valence-corrected chi connectivity index (χ4v) is 3.35. The molecule has 34 heavy (non-hydrogen) atoms. The van der Waals surface area contributed by atoms with Crippen LogP contribution in [0.1, 0.15) is 31.8 Å². The molecule has 4 aromatic carbocycles. The van der Waals surface area contributed by atoms with Crippen LogP contribution in [-0.4, -0.2) is 36.0 Å². The van der Waals surface area contributed by atoms with Crippen molar-refractivity contribution in [1.82, 2.24) is 0 Å². The van der Waals surface area contributed by atoms with Crippen LogP contribution in [0.3, 0.4) is 0 Å². The summed E-state index contributed by atoms with van der Waals surface area (Å²) in [6.07, 6.45) is -0.851. The van der Waals surface area contributed by atoms with Gasteiger partial charge in [-0.2, -0.15) is 0 Å². The number of carbonyl (C=O) groups is 2. The molecule has 170 valence electrons. The van der Waals surface area contributed by atoms with E-state index in [0.717, 1.165) is 0 Å². The van der Waals surface area contributed by atoms with Gasteiger partial charge in [0.2, 0.25) is 0 Å². The van der Waals surface area contributed by atoms with Crippen molar-refractivity contribution in [1.29, 1.82) is 0 Å². The van der Waals surface area contributed by atoms with Crippen LogP contribution in [0.5, 0.6) is 11.5 Å². The van der Waals surface area contributed by atoms with Crippen molar-refractivity contribution >= 4 is 11.6 Å². The van der Waals surface area contributed by atoms with E-state index in [1.807, 2.05) is 36.4 Å². The summed E-state index contributed by atoms with van der Waals surface area (Å²) in [5.74, 6) is 0.981. The van der Waals surface area contributed by atoms with E-state index in [1.165, 1.54) is 0 Å². The lowest BCUT2D eigenvalue weighted by atomic mass is 10.0. The molecule has 0 aliphatic rings. The maximum atomic E-state index is 12.5. The van der Waals surface area contributed by atoms with Crippen LogP contribution in [-0.2, 0) is 0 Å². The average Bonchev–Trinajstić information content (AvgIpc) is 2.91. The van der Waals surface area contributed by atoms with Crippen LogP contribution >= 0.6 is 0 Å². The molecular weight excluding hydrogens is 428 g/mol. The van der Waals surface area contributed by atoms with Gasteiger partial charge in [0.15, 0.2) is 11.6 Å². The SMILES string of the molecule is O=C(c1ccccc1)c1ccc(OCC(O)COc2ccc(C(=O)c3ccccc3)cc2)cc1. The second-order valence-electron chi connectivity index (χ2n) is 7.71. The number of rotatable bonds is 10. The number of ether oxygens (including phenoxy) is 2. The van der Waals surface area contributed by atoms with Crippen molar-refractivity contribution in [2.45, 2.75) is 6.10 Å². The molecule has 5 heteroatoms. The summed E-state index contributed by atoms with van der Waals surface area (Å²) in [7, 11) is 0. The third kappa shape index (κ3) is 5.97. The minimum Gasteiger partial charge on any atom is -0.491 e. The first-order valence-electron chi connectivity index (χ1n) is 10.9. The Labute approximate surface area is 198 Å². The fraction of sp³-hybridized carbons (Fsp3) is 0.103. The van der Waals surface area contributed by atoms with E-state index >= 15 is 0 Å². The Bertz CT molecular complexity index is 1120. The normalized spacial score (nSPS) is 10.6. The van der Waals surface area contributed by atoms with E-state index in [9.17, 15) is 14.7 Å². The highest BCUT2D eigenvalue weighted by molar-refractivity contribution is 6.09. The van der Waals surface area contributed by atoms with Crippen molar-refractivity contribution < 1.29 is 24.2 Å². The Balaban J connectivity index is 1.24. The smallest absolute Gasteiger partial charge is 0.193 e. The maximum absolute atomic E-state index is 12.5. The molecule has 0 aliphatic carbocycles. The van der Waals surface area contributed by atoms with Gasteiger partial charge in [0.1, 0.15) is 30.8 Å². The Morgan fingerprint density at radius 3 is 1.21 bits per heavy atom. The van der Waals surface area contributed by atoms with Crippen LogP contribution in [0.15, 0.2) is 109 Å². The fourth-order valence-electron chi connectivity index (χ4n) is 3.35. The Hall–Kier alpha value is -4.22. The average molecular weight is 453 g/mol. The van der Waals surface area contributed by atoms with Gasteiger partial charge in [-0.05, 0) is 48.5 Å². The monoisotopic (exact) mass is 452 g/mol. The van der Waals surface area contributed by atoms with Crippen LogP contribution < -0.4 is 9.47 Å². The van der Waals surface area contributed by atoms with E-state index < -0.39 is 6.10 Å². The Morgan fingerprint density at radius 2 is 0.853 bits per heavy atom. The second-order valence-corrected chi connectivity index (χ2v) is 7.71. The Morgan fingerprint density at radius 1 is 0.529 bits per heavy atom. The largest absolute Gasteiger partial charge is 0.491 e. The predicted octanol–water partition coefficient (Wildman–Crippen LogP) is 4.97. The number of aliphatic hydroxyl groups is 1. The quantitative estimate of drug-likeness (QED) is 0.344. The van der Waals surface area contributed by atoms with Gasteiger partial charge in [0.05, 0.1) is 0 Å². The number of benzene rings is 4. The molecule has 4 aromatic rings. The third-order valence-corrected chi connectivity index (χ3v) is 5.19. The second kappa shape index (κ2) is 11.1. The molecule has 0 atom stereocenters. The first-order valence-corrected chi connectivity index (χ1v) is 10.9. The number of hydrogen-bond donors (Lipinski definition) is 1. The maximum Gasteiger partial charge on any atom is 0.193 e. The van der Waals surface area contributed by atoms with Crippen LogP contribution in [0, 0.1) is 0 Å². The van der Waals surface area contributed by atoms with Crippen molar-refractivity contribution in [3.63, 3.8) is 0 Å². The minimum atomic E-state index is -0.851. The van der Waals surface area contributed by atoms with E-state index in [0.29, 0.717) is 33.8 Å². The molecule has 0 bridgehead atoms. The van der Waals surface area contributed by atoms with Crippen molar-refractivity contribution in [3.8, 4) is 11.5 Å². The van der Waals surface area contributed by atoms with Crippen molar-refractivity contribution in [3.05, 3.63) is 131 Å². The first kappa shape index (κ1) is 23.0. The molecule has 0 amide bonds. The Kier molecular flexibility index (Phi) is 7.48. The summed E-state index contributed by atoms with van der Waals surface area (Å²) in [6, 6.07) is 31.7. The van der Waals surface area contributed by atoms with Gasteiger partial charge in [0.25, 0.3) is 0 Å². The molecule has 0 saturated heterocycles. The lowest BCUT2D eigenvalue weighted by Crippen LogP contribution is -2.25. The van der Waals surface area contributed by atoms with Gasteiger partial charge in [-0.1, -0.05) is 60.7 Å². The van der Waals surface area contributed by atoms with Gasteiger partial charge < -0.3 is 14.6 Å². The molecule has 1 N–H and O–H groups in total. The molecule has 0 spiro atoms. The molecule has 0 heterocycles. The topological polar surface area (TPSA) is 72.8 Å². The lowest BCUT2D eigenvalue weighted by Gasteiger charge is -2.14. The van der Waals surface area contributed by atoms with Gasteiger partial charge >= 0.3 is 0 Å². The van der Waals surface area contributed by atoms with Crippen molar-refractivity contribution in [2.24, 2.45) is 0 Å².